The van der Waals surface area contributed by atoms with E-state index in [1.165, 1.54) is 0 Å². The van der Waals surface area contributed by atoms with E-state index in [-0.39, 0.29) is 18.5 Å². The van der Waals surface area contributed by atoms with Crippen LogP contribution in [0.4, 0.5) is 4.79 Å². The van der Waals surface area contributed by atoms with Crippen molar-refractivity contribution < 1.29 is 28.9 Å². The molecule has 0 aromatic heterocycles. The van der Waals surface area contributed by atoms with Crippen molar-refractivity contribution in [3.63, 3.8) is 0 Å². The number of nitrogens with zero attached hydrogens (tertiary/aromatic N) is 1. The van der Waals surface area contributed by atoms with E-state index in [0.29, 0.717) is 55.3 Å². The lowest BCUT2D eigenvalue weighted by atomic mass is 10.1. The lowest BCUT2D eigenvalue weighted by molar-refractivity contribution is -0.149. The number of hydrogen-bond donors (Lipinski definition) is 2. The van der Waals surface area contributed by atoms with Gasteiger partial charge in [-0.15, -0.1) is 0 Å². The van der Waals surface area contributed by atoms with Crippen molar-refractivity contribution in [1.29, 1.82) is 0 Å². The Labute approximate surface area is 246 Å². The van der Waals surface area contributed by atoms with Crippen molar-refractivity contribution in [2.24, 2.45) is 0 Å². The van der Waals surface area contributed by atoms with Gasteiger partial charge in [-0.3, -0.25) is 0 Å². The molecule has 2 aromatic carbocycles. The van der Waals surface area contributed by atoms with E-state index in [1.807, 2.05) is 41.3 Å². The molecule has 2 N–H and O–H groups in total. The highest BCUT2D eigenvalue weighted by Gasteiger charge is 2.21. The third kappa shape index (κ3) is 11.5. The van der Waals surface area contributed by atoms with Crippen molar-refractivity contribution in [2.75, 3.05) is 32.9 Å². The predicted octanol–water partition coefficient (Wildman–Crippen LogP) is 6.36. The standard InChI is InChI=1S/C30H40Cl2N2O6/c1-2-39-28(29(35)36)19-22-9-11-27(12-10-22)40-16-14-34(30(37)33-26-7-3-4-8-26)13-5-6-15-38-21-23-17-24(31)20-25(32)18-23/h9-12,17-18,20,26,28H,2-8,13-16,19,21H2,1H3,(H,33,37)(H,35,36). The monoisotopic (exact) mass is 594 g/mol. The molecule has 0 heterocycles. The van der Waals surface area contributed by atoms with Gasteiger partial charge in [-0.25, -0.2) is 9.59 Å². The van der Waals surface area contributed by atoms with Crippen LogP contribution >= 0.6 is 23.2 Å². The lowest BCUT2D eigenvalue weighted by Gasteiger charge is -2.25. The first-order chi connectivity index (χ1) is 19.3. The average molecular weight is 596 g/mol. The fourth-order valence-electron chi connectivity index (χ4n) is 4.67. The third-order valence-corrected chi connectivity index (χ3v) is 7.18. The van der Waals surface area contributed by atoms with Gasteiger partial charge in [0.15, 0.2) is 6.10 Å². The first kappa shape index (κ1) is 32.0. The maximum Gasteiger partial charge on any atom is 0.333 e. The number of carboxylic acid groups (broad SMARTS) is 1. The zero-order valence-electron chi connectivity index (χ0n) is 23.1. The summed E-state index contributed by atoms with van der Waals surface area (Å²) in [4.78, 5) is 26.2. The van der Waals surface area contributed by atoms with E-state index < -0.39 is 12.1 Å². The Morgan fingerprint density at radius 2 is 1.70 bits per heavy atom. The van der Waals surface area contributed by atoms with E-state index in [4.69, 9.17) is 37.4 Å². The summed E-state index contributed by atoms with van der Waals surface area (Å²) < 4.78 is 17.0. The first-order valence-corrected chi connectivity index (χ1v) is 14.7. The Balaban J connectivity index is 1.43. The summed E-state index contributed by atoms with van der Waals surface area (Å²) in [5, 5.41) is 13.6. The summed E-state index contributed by atoms with van der Waals surface area (Å²) in [5.74, 6) is -0.312. The van der Waals surface area contributed by atoms with E-state index in [2.05, 4.69) is 5.32 Å². The zero-order valence-corrected chi connectivity index (χ0v) is 24.6. The number of nitrogens with one attached hydrogen (secondary N) is 1. The van der Waals surface area contributed by atoms with Crippen LogP contribution in [0.1, 0.15) is 56.6 Å². The number of urea groups is 1. The number of rotatable bonds is 17. The van der Waals surface area contributed by atoms with Crippen molar-refractivity contribution in [1.82, 2.24) is 10.2 Å². The van der Waals surface area contributed by atoms with Crippen LogP contribution in [0.15, 0.2) is 42.5 Å². The number of carbonyl (C=O) groups is 2. The predicted molar refractivity (Wildman–Crippen MR) is 156 cm³/mol. The van der Waals surface area contributed by atoms with Crippen LogP contribution in [-0.4, -0.2) is 67.1 Å². The molecule has 0 bridgehead atoms. The van der Waals surface area contributed by atoms with Crippen LogP contribution in [0, 0.1) is 0 Å². The second-order valence-corrected chi connectivity index (χ2v) is 10.8. The molecule has 2 aromatic rings. The molecule has 10 heteroatoms. The Morgan fingerprint density at radius 1 is 1.00 bits per heavy atom. The topological polar surface area (TPSA) is 97.3 Å². The number of ether oxygens (including phenoxy) is 3. The van der Waals surface area contributed by atoms with Crippen LogP contribution < -0.4 is 10.1 Å². The SMILES string of the molecule is CCOC(Cc1ccc(OCCN(CCCCOCc2cc(Cl)cc(Cl)c2)C(=O)NC2CCCC2)cc1)C(=O)O. The molecule has 8 nitrogen and oxygen atoms in total. The van der Waals surface area contributed by atoms with Crippen LogP contribution in [-0.2, 0) is 27.3 Å². The van der Waals surface area contributed by atoms with Crippen molar-refractivity contribution in [3.8, 4) is 5.75 Å². The van der Waals surface area contributed by atoms with Gasteiger partial charge < -0.3 is 29.5 Å². The molecule has 1 saturated carbocycles. The van der Waals surface area contributed by atoms with E-state index in [0.717, 1.165) is 49.7 Å². The number of benzene rings is 2. The number of carboxylic acids is 1. The molecule has 0 aliphatic heterocycles. The van der Waals surface area contributed by atoms with Crippen LogP contribution in [0.3, 0.4) is 0 Å². The Hall–Kier alpha value is -2.52. The maximum absolute atomic E-state index is 13.0. The van der Waals surface area contributed by atoms with Crippen LogP contribution in [0.2, 0.25) is 10.0 Å². The molecule has 1 aliphatic carbocycles. The molecule has 0 spiro atoms. The molecule has 1 unspecified atom stereocenters. The van der Waals surface area contributed by atoms with Gasteiger partial charge in [0.2, 0.25) is 0 Å². The van der Waals surface area contributed by atoms with E-state index in [9.17, 15) is 14.7 Å². The number of halogens is 2. The smallest absolute Gasteiger partial charge is 0.333 e. The van der Waals surface area contributed by atoms with Crippen LogP contribution in [0.5, 0.6) is 5.75 Å². The molecular formula is C30H40Cl2N2O6. The number of unbranched alkanes of at least 4 members (excludes halogenated alkanes) is 1. The van der Waals surface area contributed by atoms with Gasteiger partial charge in [-0.2, -0.15) is 0 Å². The summed E-state index contributed by atoms with van der Waals surface area (Å²) in [5.41, 5.74) is 1.78. The second-order valence-electron chi connectivity index (χ2n) is 9.93. The number of hydrogen-bond acceptors (Lipinski definition) is 5. The lowest BCUT2D eigenvalue weighted by Crippen LogP contribution is -2.46. The maximum atomic E-state index is 13.0. The zero-order chi connectivity index (χ0) is 28.7. The summed E-state index contributed by atoms with van der Waals surface area (Å²) in [6, 6.07) is 12.8. The van der Waals surface area contributed by atoms with Crippen molar-refractivity contribution in [2.45, 2.75) is 70.6 Å². The van der Waals surface area contributed by atoms with E-state index in [1.54, 1.807) is 13.0 Å². The number of aliphatic carboxylic acids is 1. The molecule has 1 aliphatic rings. The molecule has 0 saturated heterocycles. The minimum Gasteiger partial charge on any atom is -0.492 e. The minimum absolute atomic E-state index is 0.0593. The normalized spacial score (nSPS) is 14.2. The average Bonchev–Trinajstić information content (AvgIpc) is 3.42. The van der Waals surface area contributed by atoms with Gasteiger partial charge in [-0.05, 0) is 74.1 Å². The van der Waals surface area contributed by atoms with E-state index >= 15 is 0 Å². The van der Waals surface area contributed by atoms with Gasteiger partial charge in [0.25, 0.3) is 0 Å². The van der Waals surface area contributed by atoms with Gasteiger partial charge >= 0.3 is 12.0 Å². The number of amides is 2. The summed E-state index contributed by atoms with van der Waals surface area (Å²) in [6.07, 6.45) is 5.37. The molecule has 1 atom stereocenters. The number of carbonyl (C=O) groups excluding carboxylic acids is 1. The fraction of sp³-hybridized carbons (Fsp3) is 0.533. The fourth-order valence-corrected chi connectivity index (χ4v) is 5.24. The van der Waals surface area contributed by atoms with Gasteiger partial charge in [0.1, 0.15) is 12.4 Å². The Morgan fingerprint density at radius 3 is 2.35 bits per heavy atom. The Kier molecular flexibility index (Phi) is 13.9. The molecular weight excluding hydrogens is 555 g/mol. The minimum atomic E-state index is -0.976. The van der Waals surface area contributed by atoms with Gasteiger partial charge in [-0.1, -0.05) is 48.2 Å². The van der Waals surface area contributed by atoms with Crippen molar-refractivity contribution in [3.05, 3.63) is 63.6 Å². The van der Waals surface area contributed by atoms with Gasteiger partial charge in [0.05, 0.1) is 13.2 Å². The second kappa shape index (κ2) is 17.3. The van der Waals surface area contributed by atoms with Gasteiger partial charge in [0, 0.05) is 42.3 Å². The molecule has 2 amide bonds. The van der Waals surface area contributed by atoms with Crippen molar-refractivity contribution >= 4 is 35.2 Å². The third-order valence-electron chi connectivity index (χ3n) is 6.75. The quantitative estimate of drug-likeness (QED) is 0.207. The highest BCUT2D eigenvalue weighted by atomic mass is 35.5. The molecule has 220 valence electrons. The Bertz CT molecular complexity index is 1040. The molecule has 40 heavy (non-hydrogen) atoms. The summed E-state index contributed by atoms with van der Waals surface area (Å²) in [7, 11) is 0. The largest absolute Gasteiger partial charge is 0.492 e. The highest BCUT2D eigenvalue weighted by Crippen LogP contribution is 2.20. The molecule has 0 radical (unpaired) electrons. The summed E-state index contributed by atoms with van der Waals surface area (Å²) >= 11 is 12.1. The highest BCUT2D eigenvalue weighted by molar-refractivity contribution is 6.34. The molecule has 3 rings (SSSR count). The molecule has 1 fully saturated rings. The first-order valence-electron chi connectivity index (χ1n) is 14.0. The van der Waals surface area contributed by atoms with Crippen LogP contribution in [0.25, 0.3) is 0 Å². The summed E-state index contributed by atoms with van der Waals surface area (Å²) in [6.45, 7) is 4.51.